The highest BCUT2D eigenvalue weighted by Crippen LogP contribution is 2.46. The average Bonchev–Trinajstić information content (AvgIpc) is 3.54. The zero-order valence-corrected chi connectivity index (χ0v) is 29.3. The number of benzene rings is 2. The Morgan fingerprint density at radius 1 is 1.06 bits per heavy atom. The van der Waals surface area contributed by atoms with Gasteiger partial charge in [-0.15, -0.1) is 10.2 Å². The molecule has 1 amide bonds. The third kappa shape index (κ3) is 6.53. The number of alkyl halides is 3. The fourth-order valence-corrected chi connectivity index (χ4v) is 8.70. The number of carbonyl (C=O) groups is 1. The van der Waals surface area contributed by atoms with E-state index < -0.39 is 23.7 Å². The number of piperidine rings is 1. The molecule has 3 fully saturated rings. The molecule has 0 saturated carbocycles. The van der Waals surface area contributed by atoms with E-state index in [0.29, 0.717) is 43.3 Å². The summed E-state index contributed by atoms with van der Waals surface area (Å²) < 4.78 is 51.8. The van der Waals surface area contributed by atoms with Gasteiger partial charge in [0.1, 0.15) is 12.2 Å². The van der Waals surface area contributed by atoms with Crippen LogP contribution in [0.5, 0.6) is 0 Å². The van der Waals surface area contributed by atoms with E-state index in [4.69, 9.17) is 4.74 Å². The van der Waals surface area contributed by atoms with Crippen LogP contribution in [0.25, 0.3) is 0 Å². The van der Waals surface area contributed by atoms with Gasteiger partial charge in [-0.25, -0.2) is 0 Å². The smallest absolute Gasteiger partial charge is 0.379 e. The van der Waals surface area contributed by atoms with Crippen molar-refractivity contribution in [2.45, 2.75) is 69.8 Å². The maximum atomic E-state index is 14.8. The topological polar surface area (TPSA) is 70.0 Å². The second-order valence-electron chi connectivity index (χ2n) is 15.6. The van der Waals surface area contributed by atoms with Crippen molar-refractivity contribution in [1.82, 2.24) is 29.5 Å². The van der Waals surface area contributed by atoms with Gasteiger partial charge in [-0.3, -0.25) is 14.6 Å². The third-order valence-electron chi connectivity index (χ3n) is 11.3. The second-order valence-corrected chi connectivity index (χ2v) is 15.6. The first kappa shape index (κ1) is 34.1. The van der Waals surface area contributed by atoms with Gasteiger partial charge in [0.05, 0.1) is 24.8 Å². The first-order valence-electron chi connectivity index (χ1n) is 17.5. The maximum Gasteiger partial charge on any atom is 0.416 e. The molecule has 0 N–H and O–H groups in total. The summed E-state index contributed by atoms with van der Waals surface area (Å²) in [5, 5.41) is 8.27. The molecular formula is C37H48F3N7O2. The highest BCUT2D eigenvalue weighted by atomic mass is 19.4. The molecule has 7 rings (SSSR count). The Balaban J connectivity index is 1.13. The highest BCUT2D eigenvalue weighted by molar-refractivity contribution is 6.11. The molecule has 49 heavy (non-hydrogen) atoms. The summed E-state index contributed by atoms with van der Waals surface area (Å²) in [5.41, 5.74) is 1.31. The van der Waals surface area contributed by atoms with Gasteiger partial charge in [0.25, 0.3) is 5.91 Å². The number of piperazine rings is 1. The lowest BCUT2D eigenvalue weighted by Crippen LogP contribution is -2.59. The van der Waals surface area contributed by atoms with Gasteiger partial charge in [-0.05, 0) is 94.1 Å². The Labute approximate surface area is 287 Å². The molecule has 1 aromatic heterocycles. The molecule has 2 unspecified atom stereocenters. The molecule has 264 valence electrons. The summed E-state index contributed by atoms with van der Waals surface area (Å²) in [7, 11) is 4.06. The van der Waals surface area contributed by atoms with Crippen LogP contribution in [0.2, 0.25) is 0 Å². The third-order valence-corrected chi connectivity index (χ3v) is 11.3. The van der Waals surface area contributed by atoms with E-state index in [9.17, 15) is 18.0 Å². The molecule has 2 aromatic carbocycles. The fraction of sp³-hybridized carbons (Fsp3) is 0.595. The summed E-state index contributed by atoms with van der Waals surface area (Å²) in [6.45, 7) is 13.4. The molecule has 9 nitrogen and oxygen atoms in total. The Kier molecular flexibility index (Phi) is 8.90. The van der Waals surface area contributed by atoms with Gasteiger partial charge in [0, 0.05) is 74.9 Å². The minimum Gasteiger partial charge on any atom is -0.379 e. The van der Waals surface area contributed by atoms with Crippen molar-refractivity contribution in [3.05, 3.63) is 76.4 Å². The molecule has 0 spiro atoms. The van der Waals surface area contributed by atoms with E-state index in [0.717, 1.165) is 63.5 Å². The summed E-state index contributed by atoms with van der Waals surface area (Å²) >= 11 is 0. The van der Waals surface area contributed by atoms with E-state index in [1.165, 1.54) is 11.0 Å². The normalized spacial score (nSPS) is 24.7. The van der Waals surface area contributed by atoms with Crippen molar-refractivity contribution >= 4 is 11.6 Å². The van der Waals surface area contributed by atoms with Crippen LogP contribution in [0.4, 0.5) is 18.9 Å². The van der Waals surface area contributed by atoms with Crippen molar-refractivity contribution in [3.8, 4) is 0 Å². The first-order valence-corrected chi connectivity index (χ1v) is 17.5. The van der Waals surface area contributed by atoms with Crippen LogP contribution in [0.1, 0.15) is 78.1 Å². The number of amides is 1. The predicted octanol–water partition coefficient (Wildman–Crippen LogP) is 5.30. The quantitative estimate of drug-likeness (QED) is 0.320. The van der Waals surface area contributed by atoms with Gasteiger partial charge in [-0.1, -0.05) is 12.1 Å². The number of likely N-dealkylation sites (tertiary alicyclic amines) is 1. The van der Waals surface area contributed by atoms with E-state index in [-0.39, 0.29) is 22.1 Å². The van der Waals surface area contributed by atoms with E-state index in [1.54, 1.807) is 19.3 Å². The summed E-state index contributed by atoms with van der Waals surface area (Å²) in [6.07, 6.45) is -0.200. The van der Waals surface area contributed by atoms with Crippen LogP contribution in [0.3, 0.4) is 0 Å². The van der Waals surface area contributed by atoms with Crippen LogP contribution in [-0.2, 0) is 36.3 Å². The molecule has 12 heteroatoms. The molecule has 2 atom stereocenters. The van der Waals surface area contributed by atoms with Crippen LogP contribution in [0.15, 0.2) is 42.7 Å². The molecule has 0 bridgehead atoms. The summed E-state index contributed by atoms with van der Waals surface area (Å²) in [4.78, 5) is 22.9. The van der Waals surface area contributed by atoms with Gasteiger partial charge < -0.3 is 19.1 Å². The number of anilines is 1. The number of ether oxygens (including phenoxy) is 1. The number of nitrogens with zero attached hydrogens (tertiary/aromatic N) is 7. The molecule has 0 aliphatic carbocycles. The Morgan fingerprint density at radius 3 is 2.53 bits per heavy atom. The number of carbonyl (C=O) groups excluding carboxylic acids is 1. The molecule has 4 aliphatic heterocycles. The largest absolute Gasteiger partial charge is 0.416 e. The van der Waals surface area contributed by atoms with Crippen LogP contribution < -0.4 is 4.90 Å². The van der Waals surface area contributed by atoms with Crippen LogP contribution >= 0.6 is 0 Å². The molecule has 3 aromatic rings. The van der Waals surface area contributed by atoms with Crippen LogP contribution in [-0.4, -0.2) is 100 Å². The van der Waals surface area contributed by atoms with Crippen molar-refractivity contribution in [2.75, 3.05) is 64.4 Å². The molecule has 3 saturated heterocycles. The number of aryl methyl sites for hydroxylation is 1. The number of aromatic nitrogens is 3. The lowest BCUT2D eigenvalue weighted by atomic mass is 9.75. The van der Waals surface area contributed by atoms with Crippen molar-refractivity contribution < 1.29 is 22.7 Å². The van der Waals surface area contributed by atoms with Crippen molar-refractivity contribution in [2.24, 2.45) is 13.0 Å². The standard InChI is InChI=1S/C37H48F3N7O2/c1-25-33-30(34(48)47(25)29-10-6-9-28(16-29)36(22-49-23-36)17-32-42-41-24-44(32)5)14-27(15-31(33)37(38,39)40)19-45-11-7-8-26(18-45)20-46-13-12-43(4)21-35(46,2)3/h6,9-10,14-16,24-26H,7-8,11-13,17-23H2,1-5H3. The van der Waals surface area contributed by atoms with Crippen LogP contribution in [0, 0.1) is 5.92 Å². The Bertz CT molecular complexity index is 1700. The molecular weight excluding hydrogens is 631 g/mol. The lowest BCUT2D eigenvalue weighted by Gasteiger charge is -2.48. The summed E-state index contributed by atoms with van der Waals surface area (Å²) in [5.74, 6) is 0.876. The van der Waals surface area contributed by atoms with Gasteiger partial charge in [0.15, 0.2) is 0 Å². The van der Waals surface area contributed by atoms with Crippen molar-refractivity contribution in [3.63, 3.8) is 0 Å². The number of halogens is 3. The zero-order chi connectivity index (χ0) is 34.7. The van der Waals surface area contributed by atoms with Gasteiger partial charge in [0.2, 0.25) is 0 Å². The second kappa shape index (κ2) is 12.8. The predicted molar refractivity (Wildman–Crippen MR) is 181 cm³/mol. The van der Waals surface area contributed by atoms with Gasteiger partial charge in [-0.2, -0.15) is 13.2 Å². The number of hydrogen-bond donors (Lipinski definition) is 0. The number of hydrogen-bond acceptors (Lipinski definition) is 7. The zero-order valence-electron chi connectivity index (χ0n) is 29.3. The van der Waals surface area contributed by atoms with E-state index >= 15 is 0 Å². The summed E-state index contributed by atoms with van der Waals surface area (Å²) in [6, 6.07) is 9.84. The van der Waals surface area contributed by atoms with E-state index in [1.807, 2.05) is 35.9 Å². The molecule has 0 radical (unpaired) electrons. The SMILES string of the molecule is CC1c2c(cc(CN3CCCC(CN4CCN(C)CC4(C)C)C3)cc2C(F)(F)F)C(=O)N1c1cccc(C2(Cc3nncn3C)COC2)c1. The Hall–Kier alpha value is -3.32. The minimum absolute atomic E-state index is 0.0567. The number of fused-ring (bicyclic) bond motifs is 1. The minimum atomic E-state index is -4.59. The fourth-order valence-electron chi connectivity index (χ4n) is 8.70. The number of rotatable bonds is 8. The van der Waals surface area contributed by atoms with Gasteiger partial charge >= 0.3 is 6.18 Å². The monoisotopic (exact) mass is 679 g/mol. The molecule has 5 heterocycles. The number of likely N-dealkylation sites (N-methyl/N-ethyl adjacent to an activating group) is 1. The lowest BCUT2D eigenvalue weighted by molar-refractivity contribution is -0.138. The maximum absolute atomic E-state index is 14.8. The highest BCUT2D eigenvalue weighted by Gasteiger charge is 2.46. The average molecular weight is 680 g/mol. The molecule has 4 aliphatic rings. The Morgan fingerprint density at radius 2 is 1.86 bits per heavy atom. The first-order chi connectivity index (χ1) is 23.2. The van der Waals surface area contributed by atoms with Crippen molar-refractivity contribution in [1.29, 1.82) is 0 Å². The van der Waals surface area contributed by atoms with E-state index in [2.05, 4.69) is 45.8 Å².